The van der Waals surface area contributed by atoms with Crippen LogP contribution in [0.1, 0.15) is 5.56 Å². The molecule has 5 aromatic heterocycles. The molecule has 18 rings (SSSR count). The maximum absolute atomic E-state index is 12.8. The van der Waals surface area contributed by atoms with Crippen LogP contribution in [0, 0.1) is 17.9 Å². The Bertz CT molecular complexity index is 5670. The van der Waals surface area contributed by atoms with E-state index >= 15 is 0 Å². The second-order valence-electron chi connectivity index (χ2n) is 21.6. The van der Waals surface area contributed by atoms with Gasteiger partial charge in [0.15, 0.2) is 0 Å². The van der Waals surface area contributed by atoms with E-state index in [1.165, 1.54) is 10.8 Å². The van der Waals surface area contributed by atoms with E-state index in [0.29, 0.717) is 34.0 Å². The highest BCUT2D eigenvalue weighted by Gasteiger charge is 2.35. The monoisotopic (exact) mass is 1050 g/mol. The first-order chi connectivity index (χ1) is 41.2. The molecule has 0 amide bonds. The minimum Gasteiger partial charge on any atom is -0.456 e. The van der Waals surface area contributed by atoms with E-state index in [1.807, 2.05) is 24.3 Å². The number of para-hydroxylation sites is 7. The van der Waals surface area contributed by atoms with Crippen LogP contribution >= 0.6 is 0 Å². The van der Waals surface area contributed by atoms with Gasteiger partial charge in [0.1, 0.15) is 17.2 Å². The molecule has 18 aromatic rings. The summed E-state index contributed by atoms with van der Waals surface area (Å²) in [6.45, 7) is 9.95. The van der Waals surface area contributed by atoms with Crippen molar-refractivity contribution in [1.29, 1.82) is 5.26 Å². The number of hydrogen-bond acceptors (Lipinski definition) is 2. The zero-order valence-corrected chi connectivity index (χ0v) is 44.3. The van der Waals surface area contributed by atoms with Crippen molar-refractivity contribution in [3.05, 3.63) is 272 Å². The van der Waals surface area contributed by atoms with Gasteiger partial charge >= 0.3 is 0 Å². The van der Waals surface area contributed by atoms with Gasteiger partial charge in [-0.1, -0.05) is 188 Å². The summed E-state index contributed by atoms with van der Waals surface area (Å²) in [5, 5.41) is 27.6. The Labute approximate surface area is 473 Å². The van der Waals surface area contributed by atoms with Gasteiger partial charge in [-0.3, -0.25) is 0 Å². The zero-order valence-electron chi connectivity index (χ0n) is 44.3. The molecule has 0 unspecified atom stereocenters. The number of nitrogens with zero attached hydrogens (tertiary/aromatic N) is 6. The van der Waals surface area contributed by atoms with Crippen LogP contribution in [-0.4, -0.2) is 18.3 Å². The van der Waals surface area contributed by atoms with Crippen molar-refractivity contribution in [2.45, 2.75) is 0 Å². The maximum Gasteiger partial charge on any atom is 0.237 e. The van der Waals surface area contributed by atoms with Crippen molar-refractivity contribution in [2.75, 3.05) is 0 Å². The Morgan fingerprint density at radius 1 is 0.325 bits per heavy atom. The molecule has 0 radical (unpaired) electrons. The van der Waals surface area contributed by atoms with E-state index < -0.39 is 0 Å². The lowest BCUT2D eigenvalue weighted by Crippen LogP contribution is -2.14. The Morgan fingerprint density at radius 2 is 0.771 bits per heavy atom. The van der Waals surface area contributed by atoms with Crippen molar-refractivity contribution in [2.24, 2.45) is 0 Å². The summed E-state index contributed by atoms with van der Waals surface area (Å²) in [7, 11) is 0. The van der Waals surface area contributed by atoms with Crippen molar-refractivity contribution in [3.8, 4) is 39.9 Å². The summed E-state index contributed by atoms with van der Waals surface area (Å²) in [4.78, 5) is 4.84. The quantitative estimate of drug-likeness (QED) is 0.127. The molecule has 0 saturated carbocycles. The van der Waals surface area contributed by atoms with Crippen molar-refractivity contribution in [3.63, 3.8) is 0 Å². The second-order valence-corrected chi connectivity index (χ2v) is 21.6. The predicted molar refractivity (Wildman–Crippen MR) is 343 cm³/mol. The van der Waals surface area contributed by atoms with Crippen LogP contribution in [0.2, 0.25) is 0 Å². The number of fused-ring (bicyclic) bond motifs is 19. The molecule has 382 valence electrons. The van der Waals surface area contributed by atoms with Crippen molar-refractivity contribution in [1.82, 2.24) is 18.3 Å². The Kier molecular flexibility index (Phi) is 9.23. The maximum atomic E-state index is 12.8. The van der Waals surface area contributed by atoms with Crippen LogP contribution in [0.4, 0.5) is 5.69 Å². The summed E-state index contributed by atoms with van der Waals surface area (Å²) >= 11 is 0. The van der Waals surface area contributed by atoms with Gasteiger partial charge in [0.25, 0.3) is 0 Å². The van der Waals surface area contributed by atoms with Gasteiger partial charge in [-0.25, -0.2) is 4.85 Å². The smallest absolute Gasteiger partial charge is 0.237 e. The summed E-state index contributed by atoms with van der Waals surface area (Å²) in [5.74, 6) is 0. The van der Waals surface area contributed by atoms with Gasteiger partial charge in [-0.05, 0) is 99.4 Å². The van der Waals surface area contributed by atoms with E-state index in [1.54, 1.807) is 0 Å². The standard InChI is InChI=1S/C76H42N6O/c1-78-71-73(79-60-33-13-6-25-49(60)50-26-7-14-34-61(50)79)59(44-77)74(80-62-35-15-8-27-51(62)52-28-9-16-36-63(52)80)76(75(71)81-64-37-17-10-29-53(64)54-30-11-18-38-65(54)81)82-66-39-20-32-55(58-43-45-21-2-3-22-46(45)47-23-4-5-24-48(47)58)69(66)57-41-42-68-70(72(57)82)56-31-12-19-40-67(56)83-68/h2-43H. The molecule has 13 aromatic carbocycles. The van der Waals surface area contributed by atoms with E-state index in [-0.39, 0.29) is 0 Å². The average Bonchev–Trinajstić information content (AvgIpc) is 1.91. The van der Waals surface area contributed by atoms with Gasteiger partial charge in [0.05, 0.1) is 84.4 Å². The molecule has 0 N–H and O–H groups in total. The molecular formula is C76H42N6O. The third-order valence-electron chi connectivity index (χ3n) is 17.6. The molecule has 0 spiro atoms. The molecule has 0 aliphatic rings. The molecular weight excluding hydrogens is 1010 g/mol. The zero-order chi connectivity index (χ0) is 54.6. The molecule has 0 aliphatic heterocycles. The Balaban J connectivity index is 1.17. The highest BCUT2D eigenvalue weighted by atomic mass is 16.3. The summed E-state index contributed by atoms with van der Waals surface area (Å²) in [6.07, 6.45) is 0. The lowest BCUT2D eigenvalue weighted by atomic mass is 9.91. The fourth-order valence-electron chi connectivity index (χ4n) is 14.3. The molecule has 83 heavy (non-hydrogen) atoms. The molecule has 0 aliphatic carbocycles. The molecule has 0 fully saturated rings. The van der Waals surface area contributed by atoms with E-state index in [2.05, 4.69) is 255 Å². The molecule has 0 bridgehead atoms. The van der Waals surface area contributed by atoms with Gasteiger partial charge in [0.2, 0.25) is 5.69 Å². The number of rotatable bonds is 5. The fraction of sp³-hybridized carbons (Fsp3) is 0. The first-order valence-electron chi connectivity index (χ1n) is 27.9. The lowest BCUT2D eigenvalue weighted by molar-refractivity contribution is 0.669. The van der Waals surface area contributed by atoms with Crippen LogP contribution in [0.25, 0.3) is 169 Å². The number of furan rings is 1. The first-order valence-corrected chi connectivity index (χ1v) is 27.9. The lowest BCUT2D eigenvalue weighted by Gasteiger charge is -2.27. The Hall–Kier alpha value is -11.6. The van der Waals surface area contributed by atoms with Crippen LogP contribution in [0.3, 0.4) is 0 Å². The number of aromatic nitrogens is 4. The minimum atomic E-state index is 0.329. The third kappa shape index (κ3) is 5.99. The molecule has 0 saturated heterocycles. The highest BCUT2D eigenvalue weighted by Crippen LogP contribution is 2.54. The Morgan fingerprint density at radius 3 is 1.31 bits per heavy atom. The first kappa shape index (κ1) is 45.2. The van der Waals surface area contributed by atoms with Gasteiger partial charge in [-0.2, -0.15) is 5.26 Å². The van der Waals surface area contributed by atoms with Crippen LogP contribution in [-0.2, 0) is 0 Å². The minimum absolute atomic E-state index is 0.329. The topological polar surface area (TPSA) is 61.0 Å². The van der Waals surface area contributed by atoms with Gasteiger partial charge in [0, 0.05) is 48.5 Å². The van der Waals surface area contributed by atoms with Crippen LogP contribution in [0.5, 0.6) is 0 Å². The summed E-state index contributed by atoms with van der Waals surface area (Å²) in [5.41, 5.74) is 14.1. The number of benzene rings is 13. The molecule has 5 heterocycles. The van der Waals surface area contributed by atoms with Crippen LogP contribution < -0.4 is 0 Å². The van der Waals surface area contributed by atoms with Crippen molar-refractivity contribution >= 4 is 136 Å². The molecule has 7 nitrogen and oxygen atoms in total. The normalized spacial score (nSPS) is 12.1. The SMILES string of the molecule is [C-]#[N+]c1c(-n2c3ccccc3c3ccccc32)c(C#N)c(-n2c3ccccc3c3ccccc32)c(-n2c3cccc(-c4cc5ccccc5c5ccccc45)c3c3ccc4oc5ccccc5c4c32)c1-n1c2ccccc2c2ccccc21. The summed E-state index contributed by atoms with van der Waals surface area (Å²) in [6, 6.07) is 92.8. The molecule has 7 heteroatoms. The van der Waals surface area contributed by atoms with Gasteiger partial charge in [-0.15, -0.1) is 0 Å². The summed E-state index contributed by atoms with van der Waals surface area (Å²) < 4.78 is 16.1. The number of nitriles is 1. The van der Waals surface area contributed by atoms with Crippen molar-refractivity contribution < 1.29 is 4.42 Å². The van der Waals surface area contributed by atoms with E-state index in [4.69, 9.17) is 9.26 Å². The van der Waals surface area contributed by atoms with Gasteiger partial charge < -0.3 is 22.7 Å². The predicted octanol–water partition coefficient (Wildman–Crippen LogP) is 20.4. The van der Waals surface area contributed by atoms with Crippen LogP contribution in [0.15, 0.2) is 259 Å². The number of hydrogen-bond donors (Lipinski definition) is 0. The second kappa shape index (κ2) is 16.9. The van der Waals surface area contributed by atoms with E-state index in [0.717, 1.165) is 131 Å². The fourth-order valence-corrected chi connectivity index (χ4v) is 14.3. The largest absolute Gasteiger partial charge is 0.456 e. The highest BCUT2D eigenvalue weighted by molar-refractivity contribution is 6.29. The third-order valence-corrected chi connectivity index (χ3v) is 17.6. The molecule has 0 atom stereocenters. The van der Waals surface area contributed by atoms with E-state index in [9.17, 15) is 11.8 Å². The average molecular weight is 1060 g/mol.